The summed E-state index contributed by atoms with van der Waals surface area (Å²) in [6.45, 7) is 6.52. The highest BCUT2D eigenvalue weighted by Crippen LogP contribution is 2.28. The van der Waals surface area contributed by atoms with Crippen LogP contribution in [0.5, 0.6) is 11.5 Å². The highest BCUT2D eigenvalue weighted by molar-refractivity contribution is 5.76. The number of methoxy groups -OCH3 is 2. The normalized spacial score (nSPS) is 14.8. The predicted octanol–water partition coefficient (Wildman–Crippen LogP) is 3.29. The second-order valence-corrected chi connectivity index (χ2v) is 7.33. The van der Waals surface area contributed by atoms with Gasteiger partial charge in [0.25, 0.3) is 0 Å². The molecule has 1 saturated heterocycles. The molecule has 28 heavy (non-hydrogen) atoms. The minimum absolute atomic E-state index is 0.227. The third-order valence-electron chi connectivity index (χ3n) is 5.33. The van der Waals surface area contributed by atoms with Crippen molar-refractivity contribution in [2.24, 2.45) is 0 Å². The lowest BCUT2D eigenvalue weighted by atomic mass is 10.1. The number of rotatable bonds is 7. The van der Waals surface area contributed by atoms with Crippen LogP contribution < -0.4 is 9.47 Å². The number of carbonyl (C=O) groups excluding carboxylic acids is 1. The van der Waals surface area contributed by atoms with E-state index in [0.29, 0.717) is 24.3 Å². The summed E-state index contributed by atoms with van der Waals surface area (Å²) < 4.78 is 10.6. The van der Waals surface area contributed by atoms with E-state index in [1.807, 2.05) is 23.1 Å². The molecule has 2 aromatic carbocycles. The Labute approximate surface area is 167 Å². The SMILES string of the molecule is COc1ccc(CCC(=O)N2CCN(Cc3ccc(C)cc3)CC2)cc1OC. The average molecular weight is 383 g/mol. The molecule has 5 heteroatoms. The quantitative estimate of drug-likeness (QED) is 0.737. The predicted molar refractivity (Wildman–Crippen MR) is 111 cm³/mol. The minimum Gasteiger partial charge on any atom is -0.493 e. The van der Waals surface area contributed by atoms with E-state index in [4.69, 9.17) is 9.47 Å². The Morgan fingerprint density at radius 3 is 2.18 bits per heavy atom. The van der Waals surface area contributed by atoms with Gasteiger partial charge < -0.3 is 14.4 Å². The second kappa shape index (κ2) is 9.60. The molecule has 0 atom stereocenters. The Hall–Kier alpha value is -2.53. The monoisotopic (exact) mass is 382 g/mol. The van der Waals surface area contributed by atoms with E-state index < -0.39 is 0 Å². The van der Waals surface area contributed by atoms with Crippen LogP contribution in [0.15, 0.2) is 42.5 Å². The number of piperazine rings is 1. The summed E-state index contributed by atoms with van der Waals surface area (Å²) in [5.74, 6) is 1.64. The molecule has 0 aromatic heterocycles. The number of ether oxygens (including phenoxy) is 2. The molecular formula is C23H30N2O3. The van der Waals surface area contributed by atoms with Crippen LogP contribution in [0.4, 0.5) is 0 Å². The lowest BCUT2D eigenvalue weighted by molar-refractivity contribution is -0.133. The number of aryl methyl sites for hydroxylation is 2. The molecule has 0 saturated carbocycles. The van der Waals surface area contributed by atoms with E-state index in [-0.39, 0.29) is 5.91 Å². The number of amides is 1. The van der Waals surface area contributed by atoms with E-state index in [2.05, 4.69) is 36.1 Å². The van der Waals surface area contributed by atoms with Gasteiger partial charge in [-0.1, -0.05) is 35.9 Å². The molecule has 0 N–H and O–H groups in total. The maximum absolute atomic E-state index is 12.6. The van der Waals surface area contributed by atoms with Crippen LogP contribution in [-0.4, -0.2) is 56.1 Å². The Morgan fingerprint density at radius 1 is 0.893 bits per heavy atom. The maximum atomic E-state index is 12.6. The second-order valence-electron chi connectivity index (χ2n) is 7.33. The molecule has 150 valence electrons. The number of carbonyl (C=O) groups is 1. The lowest BCUT2D eigenvalue weighted by Gasteiger charge is -2.35. The van der Waals surface area contributed by atoms with E-state index in [9.17, 15) is 4.79 Å². The van der Waals surface area contributed by atoms with Crippen molar-refractivity contribution in [1.82, 2.24) is 9.80 Å². The van der Waals surface area contributed by atoms with Gasteiger partial charge >= 0.3 is 0 Å². The minimum atomic E-state index is 0.227. The van der Waals surface area contributed by atoms with Gasteiger partial charge in [0.05, 0.1) is 14.2 Å². The number of hydrogen-bond donors (Lipinski definition) is 0. The Bertz CT molecular complexity index is 781. The van der Waals surface area contributed by atoms with Gasteiger partial charge in [-0.25, -0.2) is 0 Å². The Morgan fingerprint density at radius 2 is 1.54 bits per heavy atom. The van der Waals surface area contributed by atoms with Gasteiger partial charge in [-0.3, -0.25) is 9.69 Å². The molecule has 0 unspecified atom stereocenters. The fraction of sp³-hybridized carbons (Fsp3) is 0.435. The largest absolute Gasteiger partial charge is 0.493 e. The Kier molecular flexibility index (Phi) is 6.93. The van der Waals surface area contributed by atoms with Crippen LogP contribution in [0.1, 0.15) is 23.1 Å². The van der Waals surface area contributed by atoms with Crippen molar-refractivity contribution in [3.05, 3.63) is 59.2 Å². The molecule has 1 heterocycles. The summed E-state index contributed by atoms with van der Waals surface area (Å²) in [6, 6.07) is 14.5. The summed E-state index contributed by atoms with van der Waals surface area (Å²) in [5, 5.41) is 0. The van der Waals surface area contributed by atoms with Crippen LogP contribution in [0.25, 0.3) is 0 Å². The number of benzene rings is 2. The molecule has 3 rings (SSSR count). The van der Waals surface area contributed by atoms with Gasteiger partial charge in [-0.15, -0.1) is 0 Å². The zero-order valence-corrected chi connectivity index (χ0v) is 17.1. The summed E-state index contributed by atoms with van der Waals surface area (Å²) >= 11 is 0. The van der Waals surface area contributed by atoms with E-state index in [1.165, 1.54) is 11.1 Å². The van der Waals surface area contributed by atoms with Crippen molar-refractivity contribution in [2.45, 2.75) is 26.3 Å². The molecule has 1 aliphatic rings. The smallest absolute Gasteiger partial charge is 0.222 e. The summed E-state index contributed by atoms with van der Waals surface area (Å²) in [4.78, 5) is 17.0. The van der Waals surface area contributed by atoms with Crippen LogP contribution >= 0.6 is 0 Å². The lowest BCUT2D eigenvalue weighted by Crippen LogP contribution is -2.48. The van der Waals surface area contributed by atoms with E-state index >= 15 is 0 Å². The molecule has 0 radical (unpaired) electrons. The third-order valence-corrected chi connectivity index (χ3v) is 5.33. The van der Waals surface area contributed by atoms with Crippen molar-refractivity contribution in [1.29, 1.82) is 0 Å². The van der Waals surface area contributed by atoms with Crippen molar-refractivity contribution in [3.63, 3.8) is 0 Å². The van der Waals surface area contributed by atoms with Gasteiger partial charge in [0.1, 0.15) is 0 Å². The van der Waals surface area contributed by atoms with Crippen LogP contribution in [0, 0.1) is 6.92 Å². The molecular weight excluding hydrogens is 352 g/mol. The average Bonchev–Trinajstić information content (AvgIpc) is 2.74. The first-order valence-electron chi connectivity index (χ1n) is 9.85. The molecule has 5 nitrogen and oxygen atoms in total. The number of nitrogens with zero attached hydrogens (tertiary/aromatic N) is 2. The molecule has 1 fully saturated rings. The maximum Gasteiger partial charge on any atom is 0.222 e. The standard InChI is InChI=1S/C23H30N2O3/c1-18-4-6-20(7-5-18)17-24-12-14-25(15-13-24)23(26)11-9-19-8-10-21(27-2)22(16-19)28-3/h4-8,10,16H,9,11-15,17H2,1-3H3. The molecule has 0 spiro atoms. The fourth-order valence-corrected chi connectivity index (χ4v) is 3.55. The zero-order valence-electron chi connectivity index (χ0n) is 17.1. The van der Waals surface area contributed by atoms with Gasteiger partial charge in [0.2, 0.25) is 5.91 Å². The van der Waals surface area contributed by atoms with Crippen molar-refractivity contribution in [3.8, 4) is 11.5 Å². The van der Waals surface area contributed by atoms with Crippen molar-refractivity contribution < 1.29 is 14.3 Å². The summed E-state index contributed by atoms with van der Waals surface area (Å²) in [5.41, 5.74) is 3.71. The van der Waals surface area contributed by atoms with Crippen molar-refractivity contribution in [2.75, 3.05) is 40.4 Å². The molecule has 0 aliphatic carbocycles. The number of hydrogen-bond acceptors (Lipinski definition) is 4. The first-order chi connectivity index (χ1) is 13.6. The summed E-state index contributed by atoms with van der Waals surface area (Å²) in [6.07, 6.45) is 1.23. The Balaban J connectivity index is 1.45. The topological polar surface area (TPSA) is 42.0 Å². The first-order valence-corrected chi connectivity index (χ1v) is 9.85. The van der Waals surface area contributed by atoms with Gasteiger partial charge in [-0.2, -0.15) is 0 Å². The molecule has 1 aliphatic heterocycles. The highest BCUT2D eigenvalue weighted by Gasteiger charge is 2.21. The zero-order chi connectivity index (χ0) is 19.9. The van der Waals surface area contributed by atoms with Gasteiger partial charge in [0, 0.05) is 39.1 Å². The van der Waals surface area contributed by atoms with Crippen LogP contribution in [-0.2, 0) is 17.8 Å². The van der Waals surface area contributed by atoms with Gasteiger partial charge in [-0.05, 0) is 36.6 Å². The summed E-state index contributed by atoms with van der Waals surface area (Å²) in [7, 11) is 3.25. The van der Waals surface area contributed by atoms with Crippen LogP contribution in [0.3, 0.4) is 0 Å². The molecule has 2 aromatic rings. The van der Waals surface area contributed by atoms with Crippen LogP contribution in [0.2, 0.25) is 0 Å². The first kappa shape index (κ1) is 20.2. The third kappa shape index (κ3) is 5.26. The molecule has 0 bridgehead atoms. The van der Waals surface area contributed by atoms with E-state index in [1.54, 1.807) is 14.2 Å². The fourth-order valence-electron chi connectivity index (χ4n) is 3.55. The van der Waals surface area contributed by atoms with E-state index in [0.717, 1.165) is 38.3 Å². The molecule has 1 amide bonds. The van der Waals surface area contributed by atoms with Gasteiger partial charge in [0.15, 0.2) is 11.5 Å². The highest BCUT2D eigenvalue weighted by atomic mass is 16.5. The van der Waals surface area contributed by atoms with Crippen molar-refractivity contribution >= 4 is 5.91 Å².